The van der Waals surface area contributed by atoms with Gasteiger partial charge in [0.1, 0.15) is 12.0 Å². The molecule has 2 heterocycles. The van der Waals surface area contributed by atoms with Crippen LogP contribution in [0.5, 0.6) is 0 Å². The molecule has 1 fully saturated rings. The first-order valence-corrected chi connectivity index (χ1v) is 8.08. The third-order valence-electron chi connectivity index (χ3n) is 4.32. The second-order valence-corrected chi connectivity index (χ2v) is 5.94. The first-order chi connectivity index (χ1) is 11.6. The highest BCUT2D eigenvalue weighted by Crippen LogP contribution is 2.23. The molecule has 1 saturated heterocycles. The predicted molar refractivity (Wildman–Crippen MR) is 98.1 cm³/mol. The van der Waals surface area contributed by atoms with Crippen molar-refractivity contribution in [1.82, 2.24) is 4.90 Å². The molecule has 2 aromatic rings. The van der Waals surface area contributed by atoms with Gasteiger partial charge in [-0.1, -0.05) is 6.07 Å². The fourth-order valence-corrected chi connectivity index (χ4v) is 2.89. The number of furan rings is 1. The number of likely N-dealkylation sites (tertiary alicyclic amines) is 1. The fourth-order valence-electron chi connectivity index (χ4n) is 2.89. The van der Waals surface area contributed by atoms with Crippen LogP contribution in [0.2, 0.25) is 0 Å². The van der Waals surface area contributed by atoms with E-state index >= 15 is 0 Å². The zero-order chi connectivity index (χ0) is 17.1. The lowest BCUT2D eigenvalue weighted by Gasteiger charge is -2.18. The highest BCUT2D eigenvalue weighted by molar-refractivity contribution is 6.06. The summed E-state index contributed by atoms with van der Waals surface area (Å²) in [6.45, 7) is 3.68. The van der Waals surface area contributed by atoms with Crippen molar-refractivity contribution in [3.05, 3.63) is 53.0 Å². The molecule has 0 spiro atoms. The lowest BCUT2D eigenvalue weighted by Crippen LogP contribution is -2.28. The molecule has 1 aromatic carbocycles. The fraction of sp³-hybridized carbons (Fsp3) is 0.333. The molecule has 1 aromatic heterocycles. The lowest BCUT2D eigenvalue weighted by atomic mass is 10.1. The maximum atomic E-state index is 12.6. The van der Waals surface area contributed by atoms with Gasteiger partial charge in [0.05, 0.1) is 12.1 Å². The molecule has 0 saturated carbocycles. The predicted octanol–water partition coefficient (Wildman–Crippen LogP) is 2.96. The van der Waals surface area contributed by atoms with Gasteiger partial charge in [0.25, 0.3) is 11.8 Å². The number of anilines is 1. The number of nitrogens with one attached hydrogen (secondary N) is 1. The molecular weight excluding hydrogens is 342 g/mol. The van der Waals surface area contributed by atoms with Gasteiger partial charge in [-0.25, -0.2) is 0 Å². The number of rotatable bonds is 4. The summed E-state index contributed by atoms with van der Waals surface area (Å²) >= 11 is 0. The molecule has 1 aliphatic rings. The Morgan fingerprint density at radius 1 is 1.28 bits per heavy atom. The Morgan fingerprint density at radius 3 is 2.64 bits per heavy atom. The number of hydrogen-bond acceptors (Lipinski definition) is 4. The summed E-state index contributed by atoms with van der Waals surface area (Å²) in [7, 11) is 0. The molecule has 3 rings (SSSR count). The molecule has 0 bridgehead atoms. The van der Waals surface area contributed by atoms with Crippen molar-refractivity contribution in [2.24, 2.45) is 5.73 Å². The smallest absolute Gasteiger partial charge is 0.258 e. The van der Waals surface area contributed by atoms with E-state index in [2.05, 4.69) is 5.32 Å². The van der Waals surface area contributed by atoms with E-state index in [4.69, 9.17) is 10.2 Å². The van der Waals surface area contributed by atoms with Crippen LogP contribution >= 0.6 is 12.4 Å². The Bertz CT molecular complexity index is 767. The highest BCUT2D eigenvalue weighted by Gasteiger charge is 2.22. The molecule has 2 amide bonds. The van der Waals surface area contributed by atoms with Gasteiger partial charge in [0.2, 0.25) is 0 Å². The van der Waals surface area contributed by atoms with Crippen LogP contribution in [-0.4, -0.2) is 29.8 Å². The molecule has 7 heteroatoms. The van der Waals surface area contributed by atoms with Crippen molar-refractivity contribution in [3.63, 3.8) is 0 Å². The van der Waals surface area contributed by atoms with Crippen LogP contribution in [0.4, 0.5) is 5.69 Å². The second-order valence-electron chi connectivity index (χ2n) is 5.94. The van der Waals surface area contributed by atoms with Crippen LogP contribution in [0.25, 0.3) is 0 Å². The van der Waals surface area contributed by atoms with E-state index in [1.807, 2.05) is 11.8 Å². The number of amides is 2. The molecule has 134 valence electrons. The van der Waals surface area contributed by atoms with E-state index < -0.39 is 0 Å². The molecule has 6 nitrogen and oxygen atoms in total. The summed E-state index contributed by atoms with van der Waals surface area (Å²) in [5.41, 5.74) is 7.92. The first-order valence-electron chi connectivity index (χ1n) is 8.08. The van der Waals surface area contributed by atoms with Gasteiger partial charge < -0.3 is 20.4 Å². The first kappa shape index (κ1) is 19.0. The Kier molecular flexibility index (Phi) is 6.22. The van der Waals surface area contributed by atoms with Crippen LogP contribution in [-0.2, 0) is 6.54 Å². The lowest BCUT2D eigenvalue weighted by molar-refractivity contribution is 0.0791. The summed E-state index contributed by atoms with van der Waals surface area (Å²) < 4.78 is 5.19. The standard InChI is InChI=1S/C18H21N3O3.ClH/c1-12-15(18(23)21-7-2-3-8-21)5-4-6-16(12)20-17(22)13-9-14(10-19)24-11-13;/h4-6,9,11H,2-3,7-8,10,19H2,1H3,(H,20,22);1H. The van der Waals surface area contributed by atoms with Gasteiger partial charge in [0.15, 0.2) is 0 Å². The van der Waals surface area contributed by atoms with Crippen molar-refractivity contribution in [2.75, 3.05) is 18.4 Å². The maximum Gasteiger partial charge on any atom is 0.258 e. The van der Waals surface area contributed by atoms with E-state index in [1.54, 1.807) is 24.3 Å². The Morgan fingerprint density at radius 2 is 2.00 bits per heavy atom. The Balaban J connectivity index is 0.00000225. The minimum atomic E-state index is -0.285. The van der Waals surface area contributed by atoms with E-state index in [0.29, 0.717) is 22.6 Å². The van der Waals surface area contributed by atoms with E-state index in [0.717, 1.165) is 31.5 Å². The van der Waals surface area contributed by atoms with E-state index in [-0.39, 0.29) is 30.8 Å². The maximum absolute atomic E-state index is 12.6. The van der Waals surface area contributed by atoms with Gasteiger partial charge in [-0.2, -0.15) is 0 Å². The third kappa shape index (κ3) is 4.03. The van der Waals surface area contributed by atoms with E-state index in [1.165, 1.54) is 6.26 Å². The normalized spacial score (nSPS) is 13.4. The minimum Gasteiger partial charge on any atom is -0.467 e. The van der Waals surface area contributed by atoms with Crippen molar-refractivity contribution in [1.29, 1.82) is 0 Å². The molecule has 0 aliphatic carbocycles. The van der Waals surface area contributed by atoms with Gasteiger partial charge in [0, 0.05) is 24.3 Å². The number of nitrogens with two attached hydrogens (primary N) is 1. The molecule has 25 heavy (non-hydrogen) atoms. The van der Waals surface area contributed by atoms with Crippen molar-refractivity contribution >= 4 is 29.9 Å². The van der Waals surface area contributed by atoms with Crippen molar-refractivity contribution in [3.8, 4) is 0 Å². The van der Waals surface area contributed by atoms with Crippen LogP contribution < -0.4 is 11.1 Å². The highest BCUT2D eigenvalue weighted by atomic mass is 35.5. The van der Waals surface area contributed by atoms with Crippen LogP contribution in [0.3, 0.4) is 0 Å². The largest absolute Gasteiger partial charge is 0.467 e. The number of halogens is 1. The quantitative estimate of drug-likeness (QED) is 0.874. The SMILES string of the molecule is Cc1c(NC(=O)c2coc(CN)c2)cccc1C(=O)N1CCCC1.Cl. The number of benzene rings is 1. The zero-order valence-corrected chi connectivity index (χ0v) is 14.9. The second kappa shape index (κ2) is 8.18. The monoisotopic (exact) mass is 363 g/mol. The van der Waals surface area contributed by atoms with Crippen LogP contribution in [0.15, 0.2) is 34.9 Å². The zero-order valence-electron chi connectivity index (χ0n) is 14.1. The van der Waals surface area contributed by atoms with Crippen molar-refractivity contribution < 1.29 is 14.0 Å². The number of hydrogen-bond donors (Lipinski definition) is 2. The molecule has 0 atom stereocenters. The summed E-state index contributed by atoms with van der Waals surface area (Å²) in [5, 5.41) is 2.84. The Labute approximate surface area is 152 Å². The molecule has 0 radical (unpaired) electrons. The summed E-state index contributed by atoms with van der Waals surface area (Å²) in [6.07, 6.45) is 3.47. The van der Waals surface area contributed by atoms with Gasteiger partial charge in [-0.05, 0) is 43.5 Å². The number of carbonyl (C=O) groups excluding carboxylic acids is 2. The third-order valence-corrected chi connectivity index (χ3v) is 4.32. The Hall–Kier alpha value is -2.31. The number of carbonyl (C=O) groups is 2. The van der Waals surface area contributed by atoms with Crippen molar-refractivity contribution in [2.45, 2.75) is 26.3 Å². The molecule has 3 N–H and O–H groups in total. The van der Waals surface area contributed by atoms with Gasteiger partial charge in [-0.3, -0.25) is 9.59 Å². The summed E-state index contributed by atoms with van der Waals surface area (Å²) in [6, 6.07) is 6.99. The number of nitrogens with zero attached hydrogens (tertiary/aromatic N) is 1. The average Bonchev–Trinajstić information content (AvgIpc) is 3.27. The van der Waals surface area contributed by atoms with Crippen LogP contribution in [0.1, 0.15) is 44.9 Å². The van der Waals surface area contributed by atoms with Gasteiger partial charge >= 0.3 is 0 Å². The molecule has 1 aliphatic heterocycles. The average molecular weight is 364 g/mol. The topological polar surface area (TPSA) is 88.6 Å². The molecular formula is C18H22ClN3O3. The minimum absolute atomic E-state index is 0. The molecule has 0 unspecified atom stereocenters. The summed E-state index contributed by atoms with van der Waals surface area (Å²) in [5.74, 6) is 0.289. The summed E-state index contributed by atoms with van der Waals surface area (Å²) in [4.78, 5) is 26.8. The van der Waals surface area contributed by atoms with Gasteiger partial charge in [-0.15, -0.1) is 12.4 Å². The van der Waals surface area contributed by atoms with E-state index in [9.17, 15) is 9.59 Å². The van der Waals surface area contributed by atoms with Crippen LogP contribution in [0, 0.1) is 6.92 Å².